The molecule has 0 aliphatic rings. The van der Waals surface area contributed by atoms with Gasteiger partial charge in [0, 0.05) is 25.4 Å². The highest BCUT2D eigenvalue weighted by Gasteiger charge is 2.11. The van der Waals surface area contributed by atoms with Crippen molar-refractivity contribution < 1.29 is 14.7 Å². The molecule has 0 fully saturated rings. The minimum Gasteiger partial charge on any atom is -0.505 e. The monoisotopic (exact) mass is 361 g/mol. The standard InChI is InChI=1S/C21H19N3O3/c25-18-9-4-12-23-20(18)21(27)24-14-13-22-19(26)11-10-16-7-3-6-15-5-1-2-8-17(15)16/h1-12,25H,13-14H2,(H,22,26)(H,24,27)/b11-10+. The average Bonchev–Trinajstić information content (AvgIpc) is 2.69. The van der Waals surface area contributed by atoms with Crippen molar-refractivity contribution in [3.05, 3.63) is 78.1 Å². The van der Waals surface area contributed by atoms with Gasteiger partial charge in [-0.15, -0.1) is 0 Å². The molecule has 2 amide bonds. The fourth-order valence-corrected chi connectivity index (χ4v) is 2.64. The second-order valence-corrected chi connectivity index (χ2v) is 5.82. The average molecular weight is 361 g/mol. The van der Waals surface area contributed by atoms with Crippen LogP contribution in [0.15, 0.2) is 66.9 Å². The van der Waals surface area contributed by atoms with Gasteiger partial charge in [-0.2, -0.15) is 0 Å². The van der Waals surface area contributed by atoms with Gasteiger partial charge in [0.2, 0.25) is 5.91 Å². The number of benzene rings is 2. The van der Waals surface area contributed by atoms with Gasteiger partial charge in [0.05, 0.1) is 0 Å². The number of hydrogen-bond acceptors (Lipinski definition) is 4. The van der Waals surface area contributed by atoms with Gasteiger partial charge in [0.1, 0.15) is 5.75 Å². The largest absolute Gasteiger partial charge is 0.505 e. The molecule has 0 saturated heterocycles. The Bertz CT molecular complexity index is 993. The number of nitrogens with one attached hydrogen (secondary N) is 2. The van der Waals surface area contributed by atoms with Crippen molar-refractivity contribution in [1.29, 1.82) is 0 Å². The van der Waals surface area contributed by atoms with E-state index in [-0.39, 0.29) is 30.4 Å². The normalized spacial score (nSPS) is 10.8. The fraction of sp³-hybridized carbons (Fsp3) is 0.0952. The third-order valence-electron chi connectivity index (χ3n) is 3.95. The third-order valence-corrected chi connectivity index (χ3v) is 3.95. The number of amides is 2. The number of pyridine rings is 1. The maximum absolute atomic E-state index is 12.0. The fourth-order valence-electron chi connectivity index (χ4n) is 2.64. The van der Waals surface area contributed by atoms with Gasteiger partial charge in [0.15, 0.2) is 5.69 Å². The van der Waals surface area contributed by atoms with E-state index in [9.17, 15) is 14.7 Å². The summed E-state index contributed by atoms with van der Waals surface area (Å²) in [7, 11) is 0. The molecule has 0 radical (unpaired) electrons. The van der Waals surface area contributed by atoms with E-state index in [0.29, 0.717) is 0 Å². The molecular formula is C21H19N3O3. The molecule has 3 rings (SSSR count). The van der Waals surface area contributed by atoms with Crippen LogP contribution in [0.3, 0.4) is 0 Å². The summed E-state index contributed by atoms with van der Waals surface area (Å²) in [5, 5.41) is 17.1. The van der Waals surface area contributed by atoms with Gasteiger partial charge in [-0.3, -0.25) is 9.59 Å². The first-order chi connectivity index (χ1) is 13.1. The maximum atomic E-state index is 12.0. The third kappa shape index (κ3) is 4.70. The molecule has 27 heavy (non-hydrogen) atoms. The Hall–Kier alpha value is -3.67. The topological polar surface area (TPSA) is 91.3 Å². The molecule has 0 atom stereocenters. The zero-order valence-electron chi connectivity index (χ0n) is 14.6. The van der Waals surface area contributed by atoms with E-state index in [1.165, 1.54) is 24.4 Å². The lowest BCUT2D eigenvalue weighted by Crippen LogP contribution is -2.34. The summed E-state index contributed by atoms with van der Waals surface area (Å²) < 4.78 is 0. The SMILES string of the molecule is O=C(/C=C/c1cccc2ccccc12)NCCNC(=O)c1ncccc1O. The van der Waals surface area contributed by atoms with Crippen molar-refractivity contribution in [2.75, 3.05) is 13.1 Å². The maximum Gasteiger partial charge on any atom is 0.273 e. The molecule has 0 unspecified atom stereocenters. The van der Waals surface area contributed by atoms with Gasteiger partial charge < -0.3 is 15.7 Å². The van der Waals surface area contributed by atoms with E-state index in [1.807, 2.05) is 42.5 Å². The van der Waals surface area contributed by atoms with Crippen LogP contribution in [0.2, 0.25) is 0 Å². The van der Waals surface area contributed by atoms with E-state index >= 15 is 0 Å². The van der Waals surface area contributed by atoms with Crippen molar-refractivity contribution in [2.45, 2.75) is 0 Å². The molecule has 6 heteroatoms. The summed E-state index contributed by atoms with van der Waals surface area (Å²) in [6, 6.07) is 16.8. The van der Waals surface area contributed by atoms with Crippen molar-refractivity contribution in [3.63, 3.8) is 0 Å². The van der Waals surface area contributed by atoms with Crippen LogP contribution < -0.4 is 10.6 Å². The van der Waals surface area contributed by atoms with Crippen molar-refractivity contribution >= 4 is 28.7 Å². The number of aromatic hydroxyl groups is 1. The zero-order chi connectivity index (χ0) is 19.1. The summed E-state index contributed by atoms with van der Waals surface area (Å²) in [4.78, 5) is 27.7. The van der Waals surface area contributed by atoms with Crippen molar-refractivity contribution in [3.8, 4) is 5.75 Å². The molecule has 0 aliphatic carbocycles. The molecule has 6 nitrogen and oxygen atoms in total. The van der Waals surface area contributed by atoms with E-state index in [0.717, 1.165) is 16.3 Å². The van der Waals surface area contributed by atoms with E-state index in [1.54, 1.807) is 6.08 Å². The number of carbonyl (C=O) groups is 2. The number of hydrogen-bond donors (Lipinski definition) is 3. The van der Waals surface area contributed by atoms with Gasteiger partial charge in [-0.25, -0.2) is 4.98 Å². The predicted molar refractivity (Wildman–Crippen MR) is 104 cm³/mol. The summed E-state index contributed by atoms with van der Waals surface area (Å²) in [6.45, 7) is 0.487. The molecular weight excluding hydrogens is 342 g/mol. The molecule has 1 heterocycles. The summed E-state index contributed by atoms with van der Waals surface area (Å²) in [5.74, 6) is -0.927. The molecule has 0 bridgehead atoms. The Kier molecular flexibility index (Phi) is 5.79. The molecule has 2 aromatic carbocycles. The van der Waals surface area contributed by atoms with Gasteiger partial charge >= 0.3 is 0 Å². The van der Waals surface area contributed by atoms with E-state index in [2.05, 4.69) is 15.6 Å². The number of nitrogens with zero attached hydrogens (tertiary/aromatic N) is 1. The van der Waals surface area contributed by atoms with Crippen LogP contribution in [-0.2, 0) is 4.79 Å². The van der Waals surface area contributed by atoms with Crippen LogP contribution in [-0.4, -0.2) is 35.0 Å². The van der Waals surface area contributed by atoms with E-state index < -0.39 is 5.91 Å². The van der Waals surface area contributed by atoms with E-state index in [4.69, 9.17) is 0 Å². The van der Waals surface area contributed by atoms with Crippen LogP contribution in [0.5, 0.6) is 5.75 Å². The first-order valence-electron chi connectivity index (χ1n) is 8.51. The lowest BCUT2D eigenvalue weighted by Gasteiger charge is -2.06. The highest BCUT2D eigenvalue weighted by Crippen LogP contribution is 2.19. The number of rotatable bonds is 6. The van der Waals surface area contributed by atoms with Crippen LogP contribution in [0, 0.1) is 0 Å². The summed E-state index contributed by atoms with van der Waals surface area (Å²) in [5.41, 5.74) is 0.918. The molecule has 3 aromatic rings. The lowest BCUT2D eigenvalue weighted by molar-refractivity contribution is -0.116. The Balaban J connectivity index is 1.49. The van der Waals surface area contributed by atoms with Crippen molar-refractivity contribution in [1.82, 2.24) is 15.6 Å². The summed E-state index contributed by atoms with van der Waals surface area (Å²) in [6.07, 6.45) is 4.66. The molecule has 3 N–H and O–H groups in total. The minimum absolute atomic E-state index is 0.0420. The first kappa shape index (κ1) is 18.1. The number of aromatic nitrogens is 1. The van der Waals surface area contributed by atoms with Crippen LogP contribution in [0.4, 0.5) is 0 Å². The number of carbonyl (C=O) groups excluding carboxylic acids is 2. The minimum atomic E-state index is -0.492. The van der Waals surface area contributed by atoms with Gasteiger partial charge in [0.25, 0.3) is 5.91 Å². The van der Waals surface area contributed by atoms with Crippen molar-refractivity contribution in [2.24, 2.45) is 0 Å². The zero-order valence-corrected chi connectivity index (χ0v) is 14.6. The molecule has 0 aliphatic heterocycles. The van der Waals surface area contributed by atoms with Crippen LogP contribution in [0.1, 0.15) is 16.1 Å². The lowest BCUT2D eigenvalue weighted by atomic mass is 10.0. The van der Waals surface area contributed by atoms with Gasteiger partial charge in [-0.1, -0.05) is 42.5 Å². The van der Waals surface area contributed by atoms with Gasteiger partial charge in [-0.05, 0) is 34.5 Å². The first-order valence-corrected chi connectivity index (χ1v) is 8.51. The van der Waals surface area contributed by atoms with Crippen LogP contribution in [0.25, 0.3) is 16.8 Å². The van der Waals surface area contributed by atoms with Crippen LogP contribution >= 0.6 is 0 Å². The molecule has 0 saturated carbocycles. The molecule has 0 spiro atoms. The Labute approximate surface area is 156 Å². The Morgan fingerprint density at radius 3 is 2.59 bits per heavy atom. The highest BCUT2D eigenvalue weighted by molar-refractivity contribution is 5.97. The molecule has 136 valence electrons. The quantitative estimate of drug-likeness (QED) is 0.465. The second kappa shape index (κ2) is 8.62. The highest BCUT2D eigenvalue weighted by atomic mass is 16.3. The molecule has 1 aromatic heterocycles. The second-order valence-electron chi connectivity index (χ2n) is 5.82. The Morgan fingerprint density at radius 2 is 1.74 bits per heavy atom. The Morgan fingerprint density at radius 1 is 0.963 bits per heavy atom. The smallest absolute Gasteiger partial charge is 0.273 e. The summed E-state index contributed by atoms with van der Waals surface area (Å²) >= 11 is 0. The number of fused-ring (bicyclic) bond motifs is 1. The predicted octanol–water partition coefficient (Wildman–Crippen LogP) is 2.50.